The van der Waals surface area contributed by atoms with E-state index in [0.29, 0.717) is 23.5 Å². The molecule has 0 aromatic heterocycles. The average Bonchev–Trinajstić information content (AvgIpc) is 2.32. The number of carbonyl (C=O) groups is 1. The number of hydrogen-bond acceptors (Lipinski definition) is 2. The minimum Gasteiger partial charge on any atom is -0.393 e. The molecule has 0 heterocycles. The molecule has 0 radical (unpaired) electrons. The van der Waals surface area contributed by atoms with Gasteiger partial charge in [-0.3, -0.25) is 4.79 Å². The van der Waals surface area contributed by atoms with Crippen molar-refractivity contribution in [1.82, 2.24) is 0 Å². The summed E-state index contributed by atoms with van der Waals surface area (Å²) in [4.78, 5) is 11.9. The van der Waals surface area contributed by atoms with Crippen LogP contribution < -0.4 is 0 Å². The average molecular weight is 248 g/mol. The molecule has 0 amide bonds. The van der Waals surface area contributed by atoms with Crippen LogP contribution in [-0.4, -0.2) is 17.0 Å². The molecule has 0 spiro atoms. The van der Waals surface area contributed by atoms with Gasteiger partial charge in [0.1, 0.15) is 0 Å². The Hall–Kier alpha value is -0.630. The minimum atomic E-state index is -0.146. The second-order valence-corrected chi connectivity index (χ2v) is 6.83. The second-order valence-electron chi connectivity index (χ2n) is 6.83. The van der Waals surface area contributed by atoms with Gasteiger partial charge in [0.15, 0.2) is 5.78 Å². The molecule has 3 aliphatic carbocycles. The summed E-state index contributed by atoms with van der Waals surface area (Å²) in [5.41, 5.74) is 1.39. The van der Waals surface area contributed by atoms with Crippen molar-refractivity contribution in [3.05, 3.63) is 11.6 Å². The van der Waals surface area contributed by atoms with Crippen molar-refractivity contribution in [3.63, 3.8) is 0 Å². The number of ketones is 1. The third-order valence-electron chi connectivity index (χ3n) is 5.60. The van der Waals surface area contributed by atoms with Crippen LogP contribution >= 0.6 is 0 Å². The largest absolute Gasteiger partial charge is 0.393 e. The van der Waals surface area contributed by atoms with E-state index in [-0.39, 0.29) is 12.0 Å². The predicted molar refractivity (Wildman–Crippen MR) is 71.0 cm³/mol. The van der Waals surface area contributed by atoms with Crippen LogP contribution in [0, 0.1) is 29.6 Å². The van der Waals surface area contributed by atoms with Crippen molar-refractivity contribution in [2.75, 3.05) is 0 Å². The molecule has 100 valence electrons. The Bertz CT molecular complexity index is 385. The molecule has 6 unspecified atom stereocenters. The highest BCUT2D eigenvalue weighted by molar-refractivity contribution is 5.93. The SMILES string of the molecule is CC1CC2CC(C)C3CCC(O)CC3C2=CC1=O. The summed E-state index contributed by atoms with van der Waals surface area (Å²) < 4.78 is 0. The van der Waals surface area contributed by atoms with Gasteiger partial charge in [-0.1, -0.05) is 19.4 Å². The molecule has 6 atom stereocenters. The first-order chi connectivity index (χ1) is 8.56. The Morgan fingerprint density at radius 2 is 1.94 bits per heavy atom. The monoisotopic (exact) mass is 248 g/mol. The van der Waals surface area contributed by atoms with Crippen molar-refractivity contribution in [1.29, 1.82) is 0 Å². The fraction of sp³-hybridized carbons (Fsp3) is 0.812. The molecule has 1 N–H and O–H groups in total. The Labute approximate surface area is 109 Å². The molecule has 2 saturated carbocycles. The molecule has 2 heteroatoms. The molecule has 2 fully saturated rings. The Morgan fingerprint density at radius 3 is 2.72 bits per heavy atom. The number of allylic oxidation sites excluding steroid dienone is 2. The smallest absolute Gasteiger partial charge is 0.158 e. The Kier molecular flexibility index (Phi) is 3.09. The van der Waals surface area contributed by atoms with E-state index in [1.54, 1.807) is 0 Å². The first-order valence-corrected chi connectivity index (χ1v) is 7.49. The molecule has 0 aromatic rings. The van der Waals surface area contributed by atoms with Crippen LogP contribution in [0.3, 0.4) is 0 Å². The third-order valence-corrected chi connectivity index (χ3v) is 5.60. The number of hydrogen-bond donors (Lipinski definition) is 1. The van der Waals surface area contributed by atoms with Crippen LogP contribution in [0.1, 0.15) is 46.0 Å². The maximum atomic E-state index is 11.9. The van der Waals surface area contributed by atoms with Crippen LogP contribution in [-0.2, 0) is 4.79 Å². The van der Waals surface area contributed by atoms with Gasteiger partial charge in [-0.2, -0.15) is 0 Å². The van der Waals surface area contributed by atoms with E-state index in [1.807, 2.05) is 6.08 Å². The molecule has 3 rings (SSSR count). The van der Waals surface area contributed by atoms with Gasteiger partial charge in [0.2, 0.25) is 0 Å². The zero-order chi connectivity index (χ0) is 12.9. The molecule has 0 aliphatic heterocycles. The van der Waals surface area contributed by atoms with Gasteiger partial charge in [-0.15, -0.1) is 0 Å². The van der Waals surface area contributed by atoms with E-state index in [4.69, 9.17) is 0 Å². The summed E-state index contributed by atoms with van der Waals surface area (Å²) >= 11 is 0. The maximum absolute atomic E-state index is 11.9. The van der Waals surface area contributed by atoms with E-state index >= 15 is 0 Å². The minimum absolute atomic E-state index is 0.146. The van der Waals surface area contributed by atoms with E-state index in [1.165, 1.54) is 12.0 Å². The predicted octanol–water partition coefficient (Wildman–Crippen LogP) is 2.95. The summed E-state index contributed by atoms with van der Waals surface area (Å²) in [5, 5.41) is 9.93. The topological polar surface area (TPSA) is 37.3 Å². The lowest BCUT2D eigenvalue weighted by Gasteiger charge is -2.48. The zero-order valence-corrected chi connectivity index (χ0v) is 11.4. The number of rotatable bonds is 0. The quantitative estimate of drug-likeness (QED) is 0.715. The Balaban J connectivity index is 1.92. The van der Waals surface area contributed by atoms with Crippen molar-refractivity contribution >= 4 is 5.78 Å². The fourth-order valence-electron chi connectivity index (χ4n) is 4.61. The molecule has 0 aromatic carbocycles. The first-order valence-electron chi connectivity index (χ1n) is 7.49. The highest BCUT2D eigenvalue weighted by atomic mass is 16.3. The highest BCUT2D eigenvalue weighted by Gasteiger charge is 2.44. The summed E-state index contributed by atoms with van der Waals surface area (Å²) in [5.74, 6) is 3.07. The molecule has 2 nitrogen and oxygen atoms in total. The van der Waals surface area contributed by atoms with Crippen molar-refractivity contribution in [2.45, 2.75) is 52.1 Å². The third kappa shape index (κ3) is 1.95. The number of carbonyl (C=O) groups excluding carboxylic acids is 1. The van der Waals surface area contributed by atoms with Gasteiger partial charge in [-0.25, -0.2) is 0 Å². The number of aliphatic hydroxyl groups excluding tert-OH is 1. The standard InChI is InChI=1S/C16H24O2/c1-9-5-11-6-10(2)16(18)8-14(11)15-7-12(17)3-4-13(9)15/h8-13,15,17H,3-7H2,1-2H3. The second kappa shape index (κ2) is 4.48. The van der Waals surface area contributed by atoms with Crippen molar-refractivity contribution < 1.29 is 9.90 Å². The van der Waals surface area contributed by atoms with Crippen molar-refractivity contribution in [3.8, 4) is 0 Å². The fourth-order valence-corrected chi connectivity index (χ4v) is 4.61. The molecule has 0 saturated heterocycles. The summed E-state index contributed by atoms with van der Waals surface area (Å²) in [6.07, 6.45) is 7.07. The zero-order valence-electron chi connectivity index (χ0n) is 11.4. The van der Waals surface area contributed by atoms with E-state index in [9.17, 15) is 9.90 Å². The van der Waals surface area contributed by atoms with Gasteiger partial charge in [-0.05, 0) is 61.9 Å². The number of aliphatic hydroxyl groups is 1. The van der Waals surface area contributed by atoms with Gasteiger partial charge in [0.25, 0.3) is 0 Å². The van der Waals surface area contributed by atoms with E-state index < -0.39 is 0 Å². The van der Waals surface area contributed by atoms with Crippen LogP contribution in [0.15, 0.2) is 11.6 Å². The van der Waals surface area contributed by atoms with Gasteiger partial charge in [0, 0.05) is 5.92 Å². The van der Waals surface area contributed by atoms with Gasteiger partial charge < -0.3 is 5.11 Å². The van der Waals surface area contributed by atoms with Crippen LogP contribution in [0.5, 0.6) is 0 Å². The maximum Gasteiger partial charge on any atom is 0.158 e. The lowest BCUT2D eigenvalue weighted by molar-refractivity contribution is -0.119. The summed E-state index contributed by atoms with van der Waals surface area (Å²) in [6.45, 7) is 4.43. The van der Waals surface area contributed by atoms with E-state index in [0.717, 1.165) is 31.6 Å². The molecular weight excluding hydrogens is 224 g/mol. The van der Waals surface area contributed by atoms with E-state index in [2.05, 4.69) is 13.8 Å². The normalized spacial score (nSPS) is 48.2. The summed E-state index contributed by atoms with van der Waals surface area (Å²) in [7, 11) is 0. The number of fused-ring (bicyclic) bond motifs is 3. The van der Waals surface area contributed by atoms with Gasteiger partial charge in [0.05, 0.1) is 6.10 Å². The molecule has 3 aliphatic rings. The van der Waals surface area contributed by atoms with Crippen LogP contribution in [0.25, 0.3) is 0 Å². The first kappa shape index (κ1) is 12.4. The highest BCUT2D eigenvalue weighted by Crippen LogP contribution is 2.51. The summed E-state index contributed by atoms with van der Waals surface area (Å²) in [6, 6.07) is 0. The molecule has 18 heavy (non-hydrogen) atoms. The molecule has 0 bridgehead atoms. The van der Waals surface area contributed by atoms with Crippen LogP contribution in [0.4, 0.5) is 0 Å². The van der Waals surface area contributed by atoms with Crippen molar-refractivity contribution in [2.24, 2.45) is 29.6 Å². The Morgan fingerprint density at radius 1 is 1.17 bits per heavy atom. The lowest BCUT2D eigenvalue weighted by atomic mass is 9.57. The molecular formula is C16H24O2. The van der Waals surface area contributed by atoms with Gasteiger partial charge >= 0.3 is 0 Å². The van der Waals surface area contributed by atoms with Crippen LogP contribution in [0.2, 0.25) is 0 Å². The lowest BCUT2D eigenvalue weighted by Crippen LogP contribution is -2.41.